The van der Waals surface area contributed by atoms with Crippen molar-refractivity contribution in [3.05, 3.63) is 28.4 Å². The third-order valence-corrected chi connectivity index (χ3v) is 5.23. The van der Waals surface area contributed by atoms with Gasteiger partial charge in [-0.1, -0.05) is 6.92 Å². The van der Waals surface area contributed by atoms with E-state index in [1.165, 1.54) is 30.8 Å². The summed E-state index contributed by atoms with van der Waals surface area (Å²) in [5.74, 6) is 1.62. The van der Waals surface area contributed by atoms with Crippen molar-refractivity contribution in [2.45, 2.75) is 40.2 Å². The van der Waals surface area contributed by atoms with Crippen LogP contribution < -0.4 is 5.32 Å². The lowest BCUT2D eigenvalue weighted by atomic mass is 9.99. The summed E-state index contributed by atoms with van der Waals surface area (Å²) in [5.41, 5.74) is 2.03. The number of piperidine rings is 1. The van der Waals surface area contributed by atoms with E-state index in [2.05, 4.69) is 39.2 Å². The van der Waals surface area contributed by atoms with Crippen molar-refractivity contribution in [1.82, 2.24) is 20.1 Å². The van der Waals surface area contributed by atoms with Gasteiger partial charge >= 0.3 is 0 Å². The normalized spacial score (nSPS) is 16.9. The first kappa shape index (κ1) is 15.4. The Balaban J connectivity index is 1.64. The molecule has 1 aliphatic rings. The highest BCUT2D eigenvalue weighted by Crippen LogP contribution is 2.27. The number of nitrogens with one attached hydrogen (secondary N) is 1. The number of aromatic nitrogens is 3. The second-order valence-corrected chi connectivity index (χ2v) is 7.25. The summed E-state index contributed by atoms with van der Waals surface area (Å²) < 4.78 is 0. The minimum absolute atomic E-state index is 0.748. The number of likely N-dealkylation sites (tertiary alicyclic amines) is 1. The van der Waals surface area contributed by atoms with Gasteiger partial charge in [0.05, 0.1) is 11.4 Å². The smallest absolute Gasteiger partial charge is 0.188 e. The third kappa shape index (κ3) is 3.81. The van der Waals surface area contributed by atoms with Crippen LogP contribution in [0.3, 0.4) is 0 Å². The molecule has 0 atom stereocenters. The van der Waals surface area contributed by atoms with Crippen LogP contribution in [0.4, 0.5) is 10.9 Å². The Hall–Kier alpha value is -1.53. The minimum atomic E-state index is 0.748. The van der Waals surface area contributed by atoms with Crippen LogP contribution in [0, 0.1) is 19.8 Å². The van der Waals surface area contributed by atoms with Gasteiger partial charge in [0.15, 0.2) is 10.9 Å². The van der Waals surface area contributed by atoms with Crippen molar-refractivity contribution in [1.29, 1.82) is 0 Å². The molecular formula is C16H23N5S. The summed E-state index contributed by atoms with van der Waals surface area (Å²) in [6.45, 7) is 9.78. The van der Waals surface area contributed by atoms with Gasteiger partial charge in [-0.15, -0.1) is 16.4 Å². The predicted octanol–water partition coefficient (Wildman–Crippen LogP) is 3.53. The maximum absolute atomic E-state index is 4.62. The van der Waals surface area contributed by atoms with Gasteiger partial charge in [0, 0.05) is 11.4 Å². The number of nitrogens with zero attached hydrogens (tertiary/aromatic N) is 4. The van der Waals surface area contributed by atoms with E-state index in [0.717, 1.165) is 34.8 Å². The lowest BCUT2D eigenvalue weighted by Crippen LogP contribution is -2.32. The van der Waals surface area contributed by atoms with E-state index in [1.54, 1.807) is 11.3 Å². The molecule has 22 heavy (non-hydrogen) atoms. The fraction of sp³-hybridized carbons (Fsp3) is 0.562. The van der Waals surface area contributed by atoms with Crippen LogP contribution >= 0.6 is 11.3 Å². The second-order valence-electron chi connectivity index (χ2n) is 6.17. The average Bonchev–Trinajstić information content (AvgIpc) is 2.84. The zero-order valence-electron chi connectivity index (χ0n) is 13.5. The fourth-order valence-electron chi connectivity index (χ4n) is 2.63. The van der Waals surface area contributed by atoms with Gasteiger partial charge in [0.25, 0.3) is 0 Å². The number of anilines is 2. The molecule has 5 nitrogen and oxygen atoms in total. The molecule has 0 amide bonds. The van der Waals surface area contributed by atoms with Crippen molar-refractivity contribution >= 4 is 22.3 Å². The van der Waals surface area contributed by atoms with Crippen molar-refractivity contribution in [3.8, 4) is 0 Å². The molecule has 2 aromatic heterocycles. The summed E-state index contributed by atoms with van der Waals surface area (Å²) in [7, 11) is 0. The molecule has 1 aliphatic heterocycles. The highest BCUT2D eigenvalue weighted by molar-refractivity contribution is 7.15. The zero-order valence-corrected chi connectivity index (χ0v) is 14.3. The predicted molar refractivity (Wildman–Crippen MR) is 90.6 cm³/mol. The first-order valence-corrected chi connectivity index (χ1v) is 8.68. The number of thiazole rings is 1. The Morgan fingerprint density at radius 3 is 2.68 bits per heavy atom. The summed E-state index contributed by atoms with van der Waals surface area (Å²) in [6.07, 6.45) is 2.61. The van der Waals surface area contributed by atoms with E-state index in [9.17, 15) is 0 Å². The zero-order chi connectivity index (χ0) is 15.5. The first-order valence-electron chi connectivity index (χ1n) is 7.86. The van der Waals surface area contributed by atoms with Crippen molar-refractivity contribution < 1.29 is 0 Å². The Bertz CT molecular complexity index is 614. The molecular weight excluding hydrogens is 294 g/mol. The highest BCUT2D eigenvalue weighted by Gasteiger charge is 2.18. The van der Waals surface area contributed by atoms with Gasteiger partial charge in [-0.25, -0.2) is 4.98 Å². The van der Waals surface area contributed by atoms with E-state index in [4.69, 9.17) is 0 Å². The molecule has 1 N–H and O–H groups in total. The molecule has 1 saturated heterocycles. The van der Waals surface area contributed by atoms with Crippen LogP contribution in [0.5, 0.6) is 0 Å². The summed E-state index contributed by atoms with van der Waals surface area (Å²) >= 11 is 1.72. The molecule has 0 aliphatic carbocycles. The van der Waals surface area contributed by atoms with E-state index in [-0.39, 0.29) is 0 Å². The monoisotopic (exact) mass is 317 g/mol. The number of hydrogen-bond donors (Lipinski definition) is 1. The van der Waals surface area contributed by atoms with E-state index in [0.29, 0.717) is 0 Å². The van der Waals surface area contributed by atoms with Gasteiger partial charge in [0.2, 0.25) is 0 Å². The standard InChI is InChI=1S/C16H23N5S/c1-11-6-8-21(9-7-11)10-14-13(3)17-16(22-14)18-15-5-4-12(2)19-20-15/h4-5,11H,6-10H2,1-3H3,(H,17,18,20). The fourth-order valence-corrected chi connectivity index (χ4v) is 3.64. The van der Waals surface area contributed by atoms with Gasteiger partial charge in [-0.2, -0.15) is 5.10 Å². The molecule has 0 radical (unpaired) electrons. The van der Waals surface area contributed by atoms with Gasteiger partial charge < -0.3 is 5.32 Å². The topological polar surface area (TPSA) is 53.9 Å². The molecule has 0 aromatic carbocycles. The molecule has 118 valence electrons. The third-order valence-electron chi connectivity index (χ3n) is 4.17. The second kappa shape index (κ2) is 6.71. The summed E-state index contributed by atoms with van der Waals surface area (Å²) in [5, 5.41) is 12.3. The van der Waals surface area contributed by atoms with E-state index in [1.807, 2.05) is 19.1 Å². The van der Waals surface area contributed by atoms with E-state index >= 15 is 0 Å². The Labute approximate surface area is 135 Å². The van der Waals surface area contributed by atoms with Crippen LogP contribution in [0.1, 0.15) is 36.0 Å². The van der Waals surface area contributed by atoms with Gasteiger partial charge in [0.1, 0.15) is 0 Å². The van der Waals surface area contributed by atoms with Crippen LogP contribution in [0.2, 0.25) is 0 Å². The number of aryl methyl sites for hydroxylation is 2. The number of hydrogen-bond acceptors (Lipinski definition) is 6. The van der Waals surface area contributed by atoms with Gasteiger partial charge in [-0.3, -0.25) is 4.90 Å². The largest absolute Gasteiger partial charge is 0.315 e. The summed E-state index contributed by atoms with van der Waals surface area (Å²) in [4.78, 5) is 8.50. The molecule has 0 spiro atoms. The summed E-state index contributed by atoms with van der Waals surface area (Å²) in [6, 6.07) is 3.89. The molecule has 6 heteroatoms. The average molecular weight is 317 g/mol. The van der Waals surface area contributed by atoms with Crippen LogP contribution in [0.15, 0.2) is 12.1 Å². The molecule has 2 aromatic rings. The van der Waals surface area contributed by atoms with Crippen molar-refractivity contribution in [2.24, 2.45) is 5.92 Å². The lowest BCUT2D eigenvalue weighted by molar-refractivity contribution is 0.186. The van der Waals surface area contributed by atoms with Crippen LogP contribution in [-0.4, -0.2) is 33.2 Å². The van der Waals surface area contributed by atoms with Crippen molar-refractivity contribution in [3.63, 3.8) is 0 Å². The molecule has 0 saturated carbocycles. The van der Waals surface area contributed by atoms with Crippen molar-refractivity contribution in [2.75, 3.05) is 18.4 Å². The highest BCUT2D eigenvalue weighted by atomic mass is 32.1. The number of rotatable bonds is 4. The molecule has 0 unspecified atom stereocenters. The molecule has 3 heterocycles. The SMILES string of the molecule is Cc1ccc(Nc2nc(C)c(CN3CCC(C)CC3)s2)nn1. The minimum Gasteiger partial charge on any atom is -0.315 e. The molecule has 0 bridgehead atoms. The van der Waals surface area contributed by atoms with Gasteiger partial charge in [-0.05, 0) is 57.8 Å². The van der Waals surface area contributed by atoms with Crippen LogP contribution in [-0.2, 0) is 6.54 Å². The first-order chi connectivity index (χ1) is 10.6. The Morgan fingerprint density at radius 1 is 1.23 bits per heavy atom. The molecule has 3 rings (SSSR count). The lowest BCUT2D eigenvalue weighted by Gasteiger charge is -2.29. The Kier molecular flexibility index (Phi) is 4.69. The molecule has 1 fully saturated rings. The quantitative estimate of drug-likeness (QED) is 0.935. The maximum Gasteiger partial charge on any atom is 0.188 e. The van der Waals surface area contributed by atoms with Crippen LogP contribution in [0.25, 0.3) is 0 Å². The Morgan fingerprint density at radius 2 is 2.00 bits per heavy atom. The van der Waals surface area contributed by atoms with E-state index < -0.39 is 0 Å². The maximum atomic E-state index is 4.62.